The second-order valence-electron chi connectivity index (χ2n) is 7.75. The SMILES string of the molecule is NC(=NC1CCCCC1)c1ccc(C(=O)Nc2ccc(Cl)c(-c3ccccn3)c2)cc1. The van der Waals surface area contributed by atoms with Crippen LogP contribution in [0.3, 0.4) is 0 Å². The third-order valence-corrected chi connectivity index (χ3v) is 5.83. The van der Waals surface area contributed by atoms with Gasteiger partial charge < -0.3 is 11.1 Å². The Balaban J connectivity index is 1.46. The lowest BCUT2D eigenvalue weighted by Gasteiger charge is -2.18. The summed E-state index contributed by atoms with van der Waals surface area (Å²) in [4.78, 5) is 21.7. The molecule has 0 aliphatic heterocycles. The number of hydrogen-bond donors (Lipinski definition) is 2. The third-order valence-electron chi connectivity index (χ3n) is 5.50. The Morgan fingerprint density at radius 2 is 1.74 bits per heavy atom. The minimum atomic E-state index is -0.205. The lowest BCUT2D eigenvalue weighted by molar-refractivity contribution is 0.102. The molecule has 6 heteroatoms. The van der Waals surface area contributed by atoms with Gasteiger partial charge in [-0.25, -0.2) is 0 Å². The van der Waals surface area contributed by atoms with E-state index in [4.69, 9.17) is 17.3 Å². The van der Waals surface area contributed by atoms with Crippen LogP contribution >= 0.6 is 11.6 Å². The number of rotatable bonds is 5. The first-order valence-corrected chi connectivity index (χ1v) is 10.9. The number of carbonyl (C=O) groups excluding carboxylic acids is 1. The molecule has 1 aliphatic carbocycles. The fraction of sp³-hybridized carbons (Fsp3) is 0.240. The van der Waals surface area contributed by atoms with E-state index in [9.17, 15) is 4.79 Å². The number of anilines is 1. The molecular formula is C25H25ClN4O. The molecule has 3 aromatic rings. The van der Waals surface area contributed by atoms with Crippen molar-refractivity contribution < 1.29 is 4.79 Å². The topological polar surface area (TPSA) is 80.4 Å². The largest absolute Gasteiger partial charge is 0.383 e. The average Bonchev–Trinajstić information content (AvgIpc) is 2.81. The first-order chi connectivity index (χ1) is 15.1. The molecule has 4 rings (SSSR count). The van der Waals surface area contributed by atoms with Crippen LogP contribution in [-0.4, -0.2) is 22.8 Å². The zero-order valence-electron chi connectivity index (χ0n) is 17.2. The van der Waals surface area contributed by atoms with Crippen molar-refractivity contribution in [3.63, 3.8) is 0 Å². The number of nitrogens with two attached hydrogens (primary N) is 1. The normalized spacial score (nSPS) is 14.9. The fourth-order valence-corrected chi connectivity index (χ4v) is 4.01. The molecule has 5 nitrogen and oxygen atoms in total. The van der Waals surface area contributed by atoms with E-state index in [2.05, 4.69) is 15.3 Å². The summed E-state index contributed by atoms with van der Waals surface area (Å²) in [5.41, 5.74) is 9.74. The highest BCUT2D eigenvalue weighted by Crippen LogP contribution is 2.29. The second kappa shape index (κ2) is 9.75. The van der Waals surface area contributed by atoms with E-state index in [1.165, 1.54) is 19.3 Å². The molecule has 1 heterocycles. The Hall–Kier alpha value is -3.18. The summed E-state index contributed by atoms with van der Waals surface area (Å²) >= 11 is 6.33. The van der Waals surface area contributed by atoms with Crippen molar-refractivity contribution in [3.8, 4) is 11.3 Å². The van der Waals surface area contributed by atoms with Gasteiger partial charge in [-0.1, -0.05) is 49.1 Å². The smallest absolute Gasteiger partial charge is 0.255 e. The Morgan fingerprint density at radius 3 is 2.45 bits per heavy atom. The maximum atomic E-state index is 12.7. The number of pyridine rings is 1. The predicted molar refractivity (Wildman–Crippen MR) is 127 cm³/mol. The van der Waals surface area contributed by atoms with Crippen molar-refractivity contribution in [2.24, 2.45) is 10.7 Å². The monoisotopic (exact) mass is 432 g/mol. The van der Waals surface area contributed by atoms with Crippen LogP contribution in [-0.2, 0) is 0 Å². The Bertz CT molecular complexity index is 1070. The number of nitrogens with one attached hydrogen (secondary N) is 1. The summed E-state index contributed by atoms with van der Waals surface area (Å²) in [6.45, 7) is 0. The van der Waals surface area contributed by atoms with E-state index in [0.29, 0.717) is 28.2 Å². The summed E-state index contributed by atoms with van der Waals surface area (Å²) in [5, 5.41) is 3.50. The number of amides is 1. The lowest BCUT2D eigenvalue weighted by Crippen LogP contribution is -2.20. The zero-order valence-corrected chi connectivity index (χ0v) is 18.0. The van der Waals surface area contributed by atoms with E-state index >= 15 is 0 Å². The maximum Gasteiger partial charge on any atom is 0.255 e. The number of halogens is 1. The van der Waals surface area contributed by atoms with Gasteiger partial charge in [0.15, 0.2) is 0 Å². The number of hydrogen-bond acceptors (Lipinski definition) is 3. The summed E-state index contributed by atoms with van der Waals surface area (Å²) < 4.78 is 0. The third kappa shape index (κ3) is 5.30. The van der Waals surface area contributed by atoms with Gasteiger partial charge in [0.2, 0.25) is 0 Å². The van der Waals surface area contributed by atoms with Gasteiger partial charge in [-0.3, -0.25) is 14.8 Å². The van der Waals surface area contributed by atoms with Crippen LogP contribution in [0.1, 0.15) is 48.0 Å². The van der Waals surface area contributed by atoms with E-state index in [1.807, 2.05) is 36.4 Å². The van der Waals surface area contributed by atoms with Gasteiger partial charge in [0.25, 0.3) is 5.91 Å². The average molecular weight is 433 g/mol. The minimum Gasteiger partial charge on any atom is -0.383 e. The van der Waals surface area contributed by atoms with E-state index < -0.39 is 0 Å². The van der Waals surface area contributed by atoms with Crippen LogP contribution in [0.4, 0.5) is 5.69 Å². The van der Waals surface area contributed by atoms with Crippen LogP contribution in [0.5, 0.6) is 0 Å². The van der Waals surface area contributed by atoms with Gasteiger partial charge in [-0.2, -0.15) is 0 Å². The Labute approximate surface area is 187 Å². The standard InChI is InChI=1S/C25H25ClN4O/c26-22-14-13-20(16-21(22)23-8-4-5-15-28-23)30-25(31)18-11-9-17(10-12-18)24(27)29-19-6-2-1-3-7-19/h4-5,8-16,19H,1-3,6-7H2,(H2,27,29)(H,30,31). The van der Waals surface area contributed by atoms with E-state index in [1.54, 1.807) is 30.5 Å². The molecule has 1 fully saturated rings. The number of aliphatic imine (C=N–C) groups is 1. The second-order valence-corrected chi connectivity index (χ2v) is 8.15. The molecule has 1 aliphatic rings. The van der Waals surface area contributed by atoms with Crippen LogP contribution in [0, 0.1) is 0 Å². The van der Waals surface area contributed by atoms with Crippen molar-refractivity contribution in [2.75, 3.05) is 5.32 Å². The first-order valence-electron chi connectivity index (χ1n) is 10.6. The zero-order chi connectivity index (χ0) is 21.6. The molecule has 0 spiro atoms. The van der Waals surface area contributed by atoms with Gasteiger partial charge in [-0.05, 0) is 55.3 Å². The van der Waals surface area contributed by atoms with Crippen molar-refractivity contribution >= 4 is 29.0 Å². The van der Waals surface area contributed by atoms with E-state index in [0.717, 1.165) is 29.7 Å². The summed E-state index contributed by atoms with van der Waals surface area (Å²) in [7, 11) is 0. The molecule has 31 heavy (non-hydrogen) atoms. The number of aromatic nitrogens is 1. The lowest BCUT2D eigenvalue weighted by atomic mass is 9.96. The van der Waals surface area contributed by atoms with Crippen LogP contribution < -0.4 is 11.1 Å². The molecule has 0 bridgehead atoms. The number of amidine groups is 1. The highest BCUT2D eigenvalue weighted by molar-refractivity contribution is 6.33. The van der Waals surface area contributed by atoms with E-state index in [-0.39, 0.29) is 5.91 Å². The summed E-state index contributed by atoms with van der Waals surface area (Å²) in [6.07, 6.45) is 7.63. The van der Waals surface area contributed by atoms with Gasteiger partial charge in [0.1, 0.15) is 5.84 Å². The van der Waals surface area contributed by atoms with Gasteiger partial charge >= 0.3 is 0 Å². The van der Waals surface area contributed by atoms with Gasteiger partial charge in [0, 0.05) is 28.6 Å². The quantitative estimate of drug-likeness (QED) is 0.401. The number of benzene rings is 2. The molecule has 3 N–H and O–H groups in total. The van der Waals surface area contributed by atoms with Crippen molar-refractivity contribution in [3.05, 3.63) is 83.0 Å². The molecule has 0 saturated heterocycles. The fourth-order valence-electron chi connectivity index (χ4n) is 3.80. The van der Waals surface area contributed by atoms with Crippen LogP contribution in [0.25, 0.3) is 11.3 Å². The van der Waals surface area contributed by atoms with Crippen LogP contribution in [0.15, 0.2) is 71.9 Å². The maximum absolute atomic E-state index is 12.7. The van der Waals surface area contributed by atoms with Crippen LogP contribution in [0.2, 0.25) is 5.02 Å². The van der Waals surface area contributed by atoms with Crippen molar-refractivity contribution in [2.45, 2.75) is 38.1 Å². The Morgan fingerprint density at radius 1 is 1.00 bits per heavy atom. The highest BCUT2D eigenvalue weighted by Gasteiger charge is 2.14. The van der Waals surface area contributed by atoms with Crippen molar-refractivity contribution in [1.82, 2.24) is 4.98 Å². The molecular weight excluding hydrogens is 408 g/mol. The molecule has 0 radical (unpaired) electrons. The van der Waals surface area contributed by atoms with Gasteiger partial charge in [0.05, 0.1) is 16.8 Å². The molecule has 2 aromatic carbocycles. The molecule has 158 valence electrons. The summed E-state index contributed by atoms with van der Waals surface area (Å²) in [5.74, 6) is 0.334. The molecule has 1 amide bonds. The Kier molecular flexibility index (Phi) is 6.63. The van der Waals surface area contributed by atoms with Gasteiger partial charge in [-0.15, -0.1) is 0 Å². The van der Waals surface area contributed by atoms with Crippen molar-refractivity contribution in [1.29, 1.82) is 0 Å². The highest BCUT2D eigenvalue weighted by atomic mass is 35.5. The first kappa shape index (κ1) is 21.1. The predicted octanol–water partition coefficient (Wildman–Crippen LogP) is 5.69. The number of carbonyl (C=O) groups is 1. The minimum absolute atomic E-state index is 0.205. The molecule has 1 aromatic heterocycles. The number of nitrogens with zero attached hydrogens (tertiary/aromatic N) is 2. The molecule has 1 saturated carbocycles. The summed E-state index contributed by atoms with van der Waals surface area (Å²) in [6, 6.07) is 18.5. The molecule has 0 atom stereocenters. The molecule has 0 unspecified atom stereocenters.